The van der Waals surface area contributed by atoms with Crippen molar-refractivity contribution in [1.29, 1.82) is 0 Å². The molecular formula is C23H27ClN2O. The predicted octanol–water partition coefficient (Wildman–Crippen LogP) is 5.70. The van der Waals surface area contributed by atoms with Gasteiger partial charge in [0, 0.05) is 35.1 Å². The van der Waals surface area contributed by atoms with Gasteiger partial charge in [-0.05, 0) is 54.0 Å². The molecule has 0 radical (unpaired) electrons. The number of halogens is 1. The molecule has 0 saturated heterocycles. The fourth-order valence-electron chi connectivity index (χ4n) is 3.42. The Hall–Kier alpha value is -2.26. The molecule has 0 saturated carbocycles. The maximum Gasteiger partial charge on any atom is 0.220 e. The number of benzene rings is 2. The summed E-state index contributed by atoms with van der Waals surface area (Å²) in [5.41, 5.74) is 3.52. The Bertz CT molecular complexity index is 886. The van der Waals surface area contributed by atoms with Crippen LogP contribution < -0.4 is 5.32 Å². The number of aryl methyl sites for hydroxylation is 1. The van der Waals surface area contributed by atoms with Gasteiger partial charge in [-0.25, -0.2) is 0 Å². The lowest BCUT2D eigenvalue weighted by Crippen LogP contribution is -2.28. The molecule has 3 nitrogen and oxygen atoms in total. The minimum Gasteiger partial charge on any atom is -0.361 e. The number of carbonyl (C=O) groups excluding carboxylic acids is 1. The van der Waals surface area contributed by atoms with Crippen LogP contribution in [0, 0.1) is 5.92 Å². The fraction of sp³-hybridized carbons (Fsp3) is 0.348. The van der Waals surface area contributed by atoms with Crippen LogP contribution >= 0.6 is 11.6 Å². The van der Waals surface area contributed by atoms with Crippen LogP contribution in [0.3, 0.4) is 0 Å². The first-order valence-corrected chi connectivity index (χ1v) is 9.98. The number of H-pyrrole nitrogens is 1. The van der Waals surface area contributed by atoms with E-state index in [9.17, 15) is 4.79 Å². The molecule has 3 rings (SSSR count). The lowest BCUT2D eigenvalue weighted by molar-refractivity contribution is -0.121. The summed E-state index contributed by atoms with van der Waals surface area (Å²) in [6, 6.07) is 16.3. The molecule has 0 aliphatic rings. The van der Waals surface area contributed by atoms with Crippen molar-refractivity contribution in [3.63, 3.8) is 0 Å². The van der Waals surface area contributed by atoms with Gasteiger partial charge in [-0.2, -0.15) is 0 Å². The molecule has 1 heterocycles. The first-order chi connectivity index (χ1) is 13.0. The maximum absolute atomic E-state index is 12.5. The Morgan fingerprint density at radius 3 is 2.67 bits per heavy atom. The third-order valence-corrected chi connectivity index (χ3v) is 5.11. The zero-order valence-corrected chi connectivity index (χ0v) is 16.7. The molecule has 142 valence electrons. The van der Waals surface area contributed by atoms with E-state index >= 15 is 0 Å². The lowest BCUT2D eigenvalue weighted by atomic mass is 9.89. The van der Waals surface area contributed by atoms with Gasteiger partial charge in [0.2, 0.25) is 5.91 Å². The van der Waals surface area contributed by atoms with Crippen molar-refractivity contribution in [1.82, 2.24) is 10.3 Å². The molecule has 2 aromatic carbocycles. The van der Waals surface area contributed by atoms with Crippen LogP contribution in [0.25, 0.3) is 10.9 Å². The minimum atomic E-state index is 0.109. The van der Waals surface area contributed by atoms with Crippen LogP contribution in [0.15, 0.2) is 54.7 Å². The summed E-state index contributed by atoms with van der Waals surface area (Å²) in [5.74, 6) is 0.700. The zero-order chi connectivity index (χ0) is 19.2. The minimum absolute atomic E-state index is 0.109. The molecule has 27 heavy (non-hydrogen) atoms. The Labute approximate surface area is 166 Å². The second-order valence-corrected chi connectivity index (χ2v) is 7.99. The van der Waals surface area contributed by atoms with E-state index in [2.05, 4.69) is 48.4 Å². The van der Waals surface area contributed by atoms with Crippen molar-refractivity contribution >= 4 is 28.4 Å². The van der Waals surface area contributed by atoms with Crippen LogP contribution in [-0.4, -0.2) is 17.4 Å². The first kappa shape index (κ1) is 19.5. The van der Waals surface area contributed by atoms with Gasteiger partial charge in [0.15, 0.2) is 0 Å². The molecule has 0 fully saturated rings. The fourth-order valence-corrected chi connectivity index (χ4v) is 3.59. The van der Waals surface area contributed by atoms with E-state index in [4.69, 9.17) is 11.6 Å². The van der Waals surface area contributed by atoms with Gasteiger partial charge in [-0.15, -0.1) is 0 Å². The highest BCUT2D eigenvalue weighted by Crippen LogP contribution is 2.33. The van der Waals surface area contributed by atoms with Crippen molar-refractivity contribution in [2.45, 2.75) is 39.0 Å². The molecule has 1 aromatic heterocycles. The monoisotopic (exact) mass is 382 g/mol. The number of aromatic amines is 1. The molecular weight excluding hydrogens is 356 g/mol. The molecule has 0 unspecified atom stereocenters. The zero-order valence-electron chi connectivity index (χ0n) is 16.0. The average Bonchev–Trinajstić information content (AvgIpc) is 3.07. The Balaban J connectivity index is 1.81. The average molecular weight is 383 g/mol. The first-order valence-electron chi connectivity index (χ1n) is 9.60. The number of hydrogen-bond acceptors (Lipinski definition) is 1. The summed E-state index contributed by atoms with van der Waals surface area (Å²) >= 11 is 6.22. The third kappa shape index (κ3) is 5.36. The number of carbonyl (C=O) groups is 1. The van der Waals surface area contributed by atoms with Crippen molar-refractivity contribution in [2.75, 3.05) is 6.54 Å². The van der Waals surface area contributed by atoms with Gasteiger partial charge in [-0.3, -0.25) is 4.79 Å². The number of nitrogens with one attached hydrogen (secondary N) is 2. The van der Waals surface area contributed by atoms with Gasteiger partial charge < -0.3 is 10.3 Å². The van der Waals surface area contributed by atoms with Crippen molar-refractivity contribution in [2.24, 2.45) is 5.92 Å². The second kappa shape index (κ2) is 9.09. The number of hydrogen-bond donors (Lipinski definition) is 2. The van der Waals surface area contributed by atoms with E-state index in [0.29, 0.717) is 18.9 Å². The molecule has 0 spiro atoms. The molecule has 0 aliphatic heterocycles. The molecule has 0 aliphatic carbocycles. The van der Waals surface area contributed by atoms with Gasteiger partial charge >= 0.3 is 0 Å². The highest BCUT2D eigenvalue weighted by atomic mass is 35.5. The van der Waals surface area contributed by atoms with Crippen LogP contribution in [0.1, 0.15) is 43.7 Å². The smallest absolute Gasteiger partial charge is 0.220 e. The van der Waals surface area contributed by atoms with Crippen molar-refractivity contribution in [3.8, 4) is 0 Å². The standard InChI is InChI=1S/C23H27ClN2O/c1-16(2)14-26-23(27)12-18(9-8-17-6-4-3-5-7-17)21-15-25-22-11-10-19(24)13-20(21)22/h3-7,10-11,13,15-16,18,25H,8-9,12,14H2,1-2H3,(H,26,27)/t18-/m0/s1. The second-order valence-electron chi connectivity index (χ2n) is 7.56. The summed E-state index contributed by atoms with van der Waals surface area (Å²) < 4.78 is 0. The quantitative estimate of drug-likeness (QED) is 0.515. The molecule has 2 N–H and O–H groups in total. The topological polar surface area (TPSA) is 44.9 Å². The van der Waals surface area contributed by atoms with Crippen molar-refractivity contribution < 1.29 is 4.79 Å². The van der Waals surface area contributed by atoms with Crippen LogP contribution in [-0.2, 0) is 11.2 Å². The number of rotatable bonds is 8. The van der Waals surface area contributed by atoms with Crippen LogP contribution in [0.2, 0.25) is 5.02 Å². The van der Waals surface area contributed by atoms with E-state index in [0.717, 1.165) is 28.8 Å². The van der Waals surface area contributed by atoms with E-state index in [-0.39, 0.29) is 11.8 Å². The number of aromatic nitrogens is 1. The van der Waals surface area contributed by atoms with Crippen molar-refractivity contribution in [3.05, 3.63) is 70.9 Å². The number of amides is 1. The van der Waals surface area contributed by atoms with E-state index in [1.807, 2.05) is 30.5 Å². The molecule has 1 amide bonds. The van der Waals surface area contributed by atoms with E-state index < -0.39 is 0 Å². The summed E-state index contributed by atoms with van der Waals surface area (Å²) in [4.78, 5) is 15.8. The molecule has 1 atom stereocenters. The number of fused-ring (bicyclic) bond motifs is 1. The summed E-state index contributed by atoms with van der Waals surface area (Å²) in [7, 11) is 0. The highest BCUT2D eigenvalue weighted by molar-refractivity contribution is 6.31. The van der Waals surface area contributed by atoms with Gasteiger partial charge in [-0.1, -0.05) is 55.8 Å². The van der Waals surface area contributed by atoms with E-state index in [1.165, 1.54) is 11.1 Å². The van der Waals surface area contributed by atoms with Gasteiger partial charge in [0.25, 0.3) is 0 Å². The summed E-state index contributed by atoms with van der Waals surface area (Å²) in [6.45, 7) is 4.92. The van der Waals surface area contributed by atoms with Crippen LogP contribution in [0.4, 0.5) is 0 Å². The normalized spacial score (nSPS) is 12.4. The Morgan fingerprint density at radius 1 is 1.15 bits per heavy atom. The molecule has 4 heteroatoms. The lowest BCUT2D eigenvalue weighted by Gasteiger charge is -2.17. The Morgan fingerprint density at radius 2 is 1.93 bits per heavy atom. The summed E-state index contributed by atoms with van der Waals surface area (Å²) in [6.07, 6.45) is 4.38. The van der Waals surface area contributed by atoms with Gasteiger partial charge in [0.05, 0.1) is 0 Å². The SMILES string of the molecule is CC(C)CNC(=O)C[C@H](CCc1ccccc1)c1c[nH]c2ccc(Cl)cc12. The molecule has 0 bridgehead atoms. The Kier molecular flexibility index (Phi) is 6.57. The van der Waals surface area contributed by atoms with E-state index in [1.54, 1.807) is 0 Å². The van der Waals surface area contributed by atoms with Crippen LogP contribution in [0.5, 0.6) is 0 Å². The van der Waals surface area contributed by atoms with Gasteiger partial charge in [0.1, 0.15) is 0 Å². The predicted molar refractivity (Wildman–Crippen MR) is 113 cm³/mol. The third-order valence-electron chi connectivity index (χ3n) is 4.88. The summed E-state index contributed by atoms with van der Waals surface area (Å²) in [5, 5.41) is 4.88. The highest BCUT2D eigenvalue weighted by Gasteiger charge is 2.20. The molecule has 3 aromatic rings. The largest absolute Gasteiger partial charge is 0.361 e. The maximum atomic E-state index is 12.5.